The van der Waals surface area contributed by atoms with Crippen molar-refractivity contribution in [2.75, 3.05) is 18.6 Å². The molecule has 2 rings (SSSR count). The van der Waals surface area contributed by atoms with Crippen molar-refractivity contribution in [3.8, 4) is 11.5 Å². The van der Waals surface area contributed by atoms with Gasteiger partial charge in [0.15, 0.2) is 21.3 Å². The molecule has 1 fully saturated rings. The van der Waals surface area contributed by atoms with Gasteiger partial charge < -0.3 is 14.7 Å². The van der Waals surface area contributed by atoms with E-state index in [9.17, 15) is 8.42 Å². The predicted octanol–water partition coefficient (Wildman–Crippen LogP) is 0.350. The summed E-state index contributed by atoms with van der Waals surface area (Å²) >= 11 is 0. The quantitative estimate of drug-likeness (QED) is 0.753. The van der Waals surface area contributed by atoms with Crippen molar-refractivity contribution in [2.24, 2.45) is 0 Å². The Morgan fingerprint density at radius 2 is 2.11 bits per heavy atom. The Bertz CT molecular complexity index is 516. The number of hydroxylamine groups is 1. The predicted molar refractivity (Wildman–Crippen MR) is 64.7 cm³/mol. The largest absolute Gasteiger partial charge is 0.493 e. The number of methoxy groups -OCH3 is 1. The van der Waals surface area contributed by atoms with E-state index < -0.39 is 9.84 Å². The molecule has 1 aliphatic heterocycles. The first kappa shape index (κ1) is 13.1. The minimum Gasteiger partial charge on any atom is -0.493 e. The Labute approximate surface area is 105 Å². The molecular formula is C11H15NO5S. The van der Waals surface area contributed by atoms with Gasteiger partial charge in [0.1, 0.15) is 6.10 Å². The molecule has 6 nitrogen and oxygen atoms in total. The van der Waals surface area contributed by atoms with Crippen LogP contribution in [0, 0.1) is 0 Å². The molecule has 0 saturated carbocycles. The van der Waals surface area contributed by atoms with Crippen molar-refractivity contribution in [1.29, 1.82) is 0 Å². The highest BCUT2D eigenvalue weighted by atomic mass is 32.2. The third-order valence-electron chi connectivity index (χ3n) is 2.68. The summed E-state index contributed by atoms with van der Waals surface area (Å²) in [5.74, 6) is 1.14. The van der Waals surface area contributed by atoms with Crippen LogP contribution < -0.4 is 15.0 Å². The van der Waals surface area contributed by atoms with Gasteiger partial charge in [0.2, 0.25) is 0 Å². The Hall–Kier alpha value is -1.31. The average molecular weight is 273 g/mol. The van der Waals surface area contributed by atoms with Crippen molar-refractivity contribution in [2.45, 2.75) is 12.6 Å². The second-order valence-electron chi connectivity index (χ2n) is 4.14. The van der Waals surface area contributed by atoms with Gasteiger partial charge in [0, 0.05) is 6.54 Å². The van der Waals surface area contributed by atoms with Crippen LogP contribution in [0.2, 0.25) is 0 Å². The SMILES string of the molecule is COc1cc(CNO)ccc1OC1CS(=O)(=O)C1. The Morgan fingerprint density at radius 1 is 1.39 bits per heavy atom. The maximum atomic E-state index is 11.0. The maximum Gasteiger partial charge on any atom is 0.161 e. The van der Waals surface area contributed by atoms with Crippen molar-refractivity contribution in [3.63, 3.8) is 0 Å². The number of benzene rings is 1. The minimum absolute atomic E-state index is 0.0517. The van der Waals surface area contributed by atoms with Gasteiger partial charge in [0.25, 0.3) is 0 Å². The molecule has 1 aromatic carbocycles. The van der Waals surface area contributed by atoms with Gasteiger partial charge in [0.05, 0.1) is 18.6 Å². The lowest BCUT2D eigenvalue weighted by Crippen LogP contribution is -2.45. The summed E-state index contributed by atoms with van der Waals surface area (Å²) in [5, 5.41) is 8.61. The Morgan fingerprint density at radius 3 is 2.67 bits per heavy atom. The molecule has 0 aliphatic carbocycles. The zero-order valence-electron chi connectivity index (χ0n) is 9.92. The van der Waals surface area contributed by atoms with Crippen molar-refractivity contribution in [1.82, 2.24) is 5.48 Å². The van der Waals surface area contributed by atoms with E-state index in [4.69, 9.17) is 14.7 Å². The fourth-order valence-corrected chi connectivity index (χ4v) is 2.95. The molecule has 0 unspecified atom stereocenters. The summed E-state index contributed by atoms with van der Waals surface area (Å²) in [6, 6.07) is 5.20. The molecule has 0 amide bonds. The van der Waals surface area contributed by atoms with Crippen molar-refractivity contribution in [3.05, 3.63) is 23.8 Å². The topological polar surface area (TPSA) is 84.9 Å². The summed E-state index contributed by atoms with van der Waals surface area (Å²) in [7, 11) is -1.39. The normalized spacial score (nSPS) is 18.1. The van der Waals surface area contributed by atoms with Gasteiger partial charge in [-0.1, -0.05) is 6.07 Å². The summed E-state index contributed by atoms with van der Waals surface area (Å²) in [6.07, 6.45) is -0.300. The number of hydrogen-bond acceptors (Lipinski definition) is 6. The summed E-state index contributed by atoms with van der Waals surface area (Å²) in [5.41, 5.74) is 2.89. The number of rotatable bonds is 5. The summed E-state index contributed by atoms with van der Waals surface area (Å²) in [4.78, 5) is 0. The molecule has 0 aromatic heterocycles. The van der Waals surface area contributed by atoms with E-state index in [0.717, 1.165) is 5.56 Å². The van der Waals surface area contributed by atoms with E-state index in [1.54, 1.807) is 18.2 Å². The van der Waals surface area contributed by atoms with Crippen LogP contribution in [-0.2, 0) is 16.4 Å². The zero-order chi connectivity index (χ0) is 13.2. The average Bonchev–Trinajstić information content (AvgIpc) is 2.29. The molecule has 100 valence electrons. The number of nitrogens with one attached hydrogen (secondary N) is 1. The van der Waals surface area contributed by atoms with E-state index in [0.29, 0.717) is 18.0 Å². The molecular weight excluding hydrogens is 258 g/mol. The molecule has 0 atom stereocenters. The Kier molecular flexibility index (Phi) is 3.74. The maximum absolute atomic E-state index is 11.0. The molecule has 1 aromatic rings. The number of hydrogen-bond donors (Lipinski definition) is 2. The van der Waals surface area contributed by atoms with Crippen LogP contribution in [0.25, 0.3) is 0 Å². The van der Waals surface area contributed by atoms with E-state index in [-0.39, 0.29) is 17.6 Å². The van der Waals surface area contributed by atoms with E-state index >= 15 is 0 Å². The Balaban J connectivity index is 2.08. The lowest BCUT2D eigenvalue weighted by Gasteiger charge is -2.27. The van der Waals surface area contributed by atoms with E-state index in [2.05, 4.69) is 5.48 Å². The molecule has 0 bridgehead atoms. The van der Waals surface area contributed by atoms with Crippen LogP contribution in [0.5, 0.6) is 11.5 Å². The van der Waals surface area contributed by atoms with Gasteiger partial charge in [-0.2, -0.15) is 0 Å². The molecule has 18 heavy (non-hydrogen) atoms. The standard InChI is InChI=1S/C11H15NO5S/c1-16-11-4-8(5-12-13)2-3-10(11)17-9-6-18(14,15)7-9/h2-4,9,12-13H,5-7H2,1H3. The van der Waals surface area contributed by atoms with Crippen LogP contribution in [0.4, 0.5) is 0 Å². The second-order valence-corrected chi connectivity index (χ2v) is 6.29. The summed E-state index contributed by atoms with van der Waals surface area (Å²) < 4.78 is 32.8. The highest BCUT2D eigenvalue weighted by molar-refractivity contribution is 7.92. The first-order valence-corrected chi connectivity index (χ1v) is 7.27. The van der Waals surface area contributed by atoms with Gasteiger partial charge in [-0.3, -0.25) is 0 Å². The third kappa shape index (κ3) is 2.92. The molecule has 7 heteroatoms. The van der Waals surface area contributed by atoms with Gasteiger partial charge in [-0.05, 0) is 17.7 Å². The highest BCUT2D eigenvalue weighted by Gasteiger charge is 2.35. The number of ether oxygens (including phenoxy) is 2. The van der Waals surface area contributed by atoms with Gasteiger partial charge >= 0.3 is 0 Å². The van der Waals surface area contributed by atoms with Crippen LogP contribution in [-0.4, -0.2) is 38.3 Å². The van der Waals surface area contributed by atoms with E-state index in [1.807, 2.05) is 0 Å². The van der Waals surface area contributed by atoms with Crippen LogP contribution in [0.15, 0.2) is 18.2 Å². The van der Waals surface area contributed by atoms with Crippen LogP contribution >= 0.6 is 0 Å². The second kappa shape index (κ2) is 5.13. The first-order chi connectivity index (χ1) is 8.54. The van der Waals surface area contributed by atoms with Crippen LogP contribution in [0.3, 0.4) is 0 Å². The zero-order valence-corrected chi connectivity index (χ0v) is 10.7. The molecule has 1 heterocycles. The molecule has 0 spiro atoms. The number of sulfone groups is 1. The van der Waals surface area contributed by atoms with Crippen molar-refractivity contribution >= 4 is 9.84 Å². The minimum atomic E-state index is -2.90. The molecule has 1 aliphatic rings. The smallest absolute Gasteiger partial charge is 0.161 e. The highest BCUT2D eigenvalue weighted by Crippen LogP contribution is 2.30. The van der Waals surface area contributed by atoms with Gasteiger partial charge in [-0.15, -0.1) is 0 Å². The first-order valence-electron chi connectivity index (χ1n) is 5.45. The summed E-state index contributed by atoms with van der Waals surface area (Å²) in [6.45, 7) is 0.300. The van der Waals surface area contributed by atoms with Crippen molar-refractivity contribution < 1.29 is 23.1 Å². The molecule has 1 saturated heterocycles. The molecule has 0 radical (unpaired) electrons. The van der Waals surface area contributed by atoms with Gasteiger partial charge in [-0.25, -0.2) is 13.9 Å². The molecule has 2 N–H and O–H groups in total. The fourth-order valence-electron chi connectivity index (χ4n) is 1.78. The monoisotopic (exact) mass is 273 g/mol. The van der Waals surface area contributed by atoms with E-state index in [1.165, 1.54) is 7.11 Å². The lowest BCUT2D eigenvalue weighted by atomic mass is 10.2. The van der Waals surface area contributed by atoms with Crippen LogP contribution in [0.1, 0.15) is 5.56 Å². The third-order valence-corrected chi connectivity index (χ3v) is 4.44. The fraction of sp³-hybridized carbons (Fsp3) is 0.455. The lowest BCUT2D eigenvalue weighted by molar-refractivity contribution is 0.161.